The van der Waals surface area contributed by atoms with Gasteiger partial charge in [0.25, 0.3) is 0 Å². The summed E-state index contributed by atoms with van der Waals surface area (Å²) in [4.78, 5) is 20.3. The number of nitrogens with zero attached hydrogens (tertiary/aromatic N) is 2. The number of nitrogens with one attached hydrogen (secondary N) is 1. The fourth-order valence-corrected chi connectivity index (χ4v) is 1.90. The predicted molar refractivity (Wildman–Crippen MR) is 64.1 cm³/mol. The molecule has 5 nitrogen and oxygen atoms in total. The van der Waals surface area contributed by atoms with Gasteiger partial charge in [0.2, 0.25) is 5.95 Å². The molecule has 0 atom stereocenters. The fourth-order valence-electron chi connectivity index (χ4n) is 1.90. The quantitative estimate of drug-likeness (QED) is 0.801. The highest BCUT2D eigenvalue weighted by atomic mass is 16.5. The van der Waals surface area contributed by atoms with Crippen molar-refractivity contribution in [3.8, 4) is 0 Å². The third kappa shape index (κ3) is 3.00. The number of anilines is 1. The summed E-state index contributed by atoms with van der Waals surface area (Å²) in [5.74, 6) is 0.768. The zero-order chi connectivity index (χ0) is 12.1. The van der Waals surface area contributed by atoms with Crippen molar-refractivity contribution in [1.82, 2.24) is 9.97 Å². The van der Waals surface area contributed by atoms with Gasteiger partial charge in [-0.1, -0.05) is 0 Å². The molecule has 1 N–H and O–H groups in total. The van der Waals surface area contributed by atoms with Gasteiger partial charge in [-0.15, -0.1) is 0 Å². The SMILES string of the molecule is CCNc1ncc(C(=O)C2CCOCC2)cn1. The monoisotopic (exact) mass is 235 g/mol. The number of aromatic nitrogens is 2. The van der Waals surface area contributed by atoms with Gasteiger partial charge >= 0.3 is 0 Å². The second-order valence-electron chi connectivity index (χ2n) is 4.08. The van der Waals surface area contributed by atoms with E-state index >= 15 is 0 Å². The Balaban J connectivity index is 2.03. The van der Waals surface area contributed by atoms with Crippen molar-refractivity contribution in [1.29, 1.82) is 0 Å². The molecule has 0 amide bonds. The van der Waals surface area contributed by atoms with Gasteiger partial charge < -0.3 is 10.1 Å². The number of carbonyl (C=O) groups is 1. The molecule has 1 fully saturated rings. The van der Waals surface area contributed by atoms with E-state index in [1.165, 1.54) is 0 Å². The molecule has 92 valence electrons. The summed E-state index contributed by atoms with van der Waals surface area (Å²) in [5, 5.41) is 3.00. The molecule has 0 unspecified atom stereocenters. The van der Waals surface area contributed by atoms with Crippen LogP contribution in [0.15, 0.2) is 12.4 Å². The Morgan fingerprint density at radius 1 is 1.41 bits per heavy atom. The van der Waals surface area contributed by atoms with Crippen LogP contribution in [0.25, 0.3) is 0 Å². The summed E-state index contributed by atoms with van der Waals surface area (Å²) in [5.41, 5.74) is 0.596. The molecular formula is C12H17N3O2. The standard InChI is InChI=1S/C12H17N3O2/c1-2-13-12-14-7-10(8-15-12)11(16)9-3-5-17-6-4-9/h7-9H,2-6H2,1H3,(H,13,14,15). The van der Waals surface area contributed by atoms with Gasteiger partial charge in [-0.05, 0) is 19.8 Å². The smallest absolute Gasteiger partial charge is 0.222 e. The molecule has 1 aromatic rings. The largest absolute Gasteiger partial charge is 0.381 e. The Kier molecular flexibility index (Phi) is 4.03. The number of hydrogen-bond donors (Lipinski definition) is 1. The maximum absolute atomic E-state index is 12.1. The summed E-state index contributed by atoms with van der Waals surface area (Å²) >= 11 is 0. The van der Waals surface area contributed by atoms with Crippen LogP contribution in [0.5, 0.6) is 0 Å². The first-order chi connectivity index (χ1) is 8.31. The van der Waals surface area contributed by atoms with Crippen LogP contribution in [0.4, 0.5) is 5.95 Å². The van der Waals surface area contributed by atoms with Crippen LogP contribution >= 0.6 is 0 Å². The molecule has 1 aliphatic heterocycles. The first-order valence-electron chi connectivity index (χ1n) is 5.99. The number of ketones is 1. The van der Waals surface area contributed by atoms with E-state index in [-0.39, 0.29) is 11.7 Å². The predicted octanol–water partition coefficient (Wildman–Crippen LogP) is 1.52. The maximum atomic E-state index is 12.1. The molecule has 0 bridgehead atoms. The fraction of sp³-hybridized carbons (Fsp3) is 0.583. The lowest BCUT2D eigenvalue weighted by Gasteiger charge is -2.20. The zero-order valence-corrected chi connectivity index (χ0v) is 9.98. The van der Waals surface area contributed by atoms with E-state index in [0.29, 0.717) is 24.7 Å². The van der Waals surface area contributed by atoms with E-state index in [0.717, 1.165) is 19.4 Å². The lowest BCUT2D eigenvalue weighted by atomic mass is 9.92. The number of hydrogen-bond acceptors (Lipinski definition) is 5. The molecular weight excluding hydrogens is 218 g/mol. The van der Waals surface area contributed by atoms with E-state index in [9.17, 15) is 4.79 Å². The van der Waals surface area contributed by atoms with E-state index in [2.05, 4.69) is 15.3 Å². The Morgan fingerprint density at radius 2 is 2.06 bits per heavy atom. The summed E-state index contributed by atoms with van der Waals surface area (Å²) < 4.78 is 5.24. The van der Waals surface area contributed by atoms with Crippen molar-refractivity contribution in [2.75, 3.05) is 25.1 Å². The van der Waals surface area contributed by atoms with E-state index in [1.54, 1.807) is 12.4 Å². The molecule has 0 spiro atoms. The Bertz CT molecular complexity index is 372. The van der Waals surface area contributed by atoms with E-state index < -0.39 is 0 Å². The molecule has 1 aliphatic rings. The summed E-state index contributed by atoms with van der Waals surface area (Å²) in [6.07, 6.45) is 4.80. The highest BCUT2D eigenvalue weighted by Crippen LogP contribution is 2.19. The van der Waals surface area contributed by atoms with Crippen molar-refractivity contribution in [3.05, 3.63) is 18.0 Å². The van der Waals surface area contributed by atoms with Gasteiger partial charge in [-0.3, -0.25) is 4.79 Å². The van der Waals surface area contributed by atoms with Crippen molar-refractivity contribution < 1.29 is 9.53 Å². The topological polar surface area (TPSA) is 64.1 Å². The minimum absolute atomic E-state index is 0.0670. The van der Waals surface area contributed by atoms with Crippen LogP contribution in [0.2, 0.25) is 0 Å². The highest BCUT2D eigenvalue weighted by molar-refractivity contribution is 5.97. The number of rotatable bonds is 4. The first kappa shape index (κ1) is 12.0. The lowest BCUT2D eigenvalue weighted by molar-refractivity contribution is 0.0544. The molecule has 0 aliphatic carbocycles. The highest BCUT2D eigenvalue weighted by Gasteiger charge is 2.23. The average Bonchev–Trinajstić information content (AvgIpc) is 2.40. The van der Waals surface area contributed by atoms with Crippen molar-refractivity contribution >= 4 is 11.7 Å². The Hall–Kier alpha value is -1.49. The average molecular weight is 235 g/mol. The number of carbonyl (C=O) groups excluding carboxylic acids is 1. The third-order valence-electron chi connectivity index (χ3n) is 2.86. The van der Waals surface area contributed by atoms with Crippen molar-refractivity contribution in [3.63, 3.8) is 0 Å². The molecule has 1 aromatic heterocycles. The molecule has 1 saturated heterocycles. The molecule has 5 heteroatoms. The minimum atomic E-state index is 0.0670. The van der Waals surface area contributed by atoms with Gasteiger partial charge in [-0.2, -0.15) is 0 Å². The molecule has 0 saturated carbocycles. The Labute approximate surface area is 101 Å². The second kappa shape index (κ2) is 5.72. The first-order valence-corrected chi connectivity index (χ1v) is 5.99. The van der Waals surface area contributed by atoms with Crippen molar-refractivity contribution in [2.24, 2.45) is 5.92 Å². The van der Waals surface area contributed by atoms with Gasteiger partial charge in [0.05, 0.1) is 5.56 Å². The second-order valence-corrected chi connectivity index (χ2v) is 4.08. The Morgan fingerprint density at radius 3 is 2.65 bits per heavy atom. The van der Waals surface area contributed by atoms with Crippen LogP contribution in [-0.2, 0) is 4.74 Å². The van der Waals surface area contributed by atoms with Crippen LogP contribution in [-0.4, -0.2) is 35.5 Å². The van der Waals surface area contributed by atoms with Gasteiger partial charge in [0.15, 0.2) is 5.78 Å². The van der Waals surface area contributed by atoms with Gasteiger partial charge in [-0.25, -0.2) is 9.97 Å². The molecule has 2 rings (SSSR count). The normalized spacial score (nSPS) is 16.8. The molecule has 0 radical (unpaired) electrons. The zero-order valence-electron chi connectivity index (χ0n) is 9.98. The lowest BCUT2D eigenvalue weighted by Crippen LogP contribution is -2.23. The van der Waals surface area contributed by atoms with Gasteiger partial charge in [0.1, 0.15) is 0 Å². The summed E-state index contributed by atoms with van der Waals surface area (Å²) in [6, 6.07) is 0. The van der Waals surface area contributed by atoms with E-state index in [1.807, 2.05) is 6.92 Å². The van der Waals surface area contributed by atoms with E-state index in [4.69, 9.17) is 4.74 Å². The van der Waals surface area contributed by atoms with Crippen LogP contribution in [0.3, 0.4) is 0 Å². The summed E-state index contributed by atoms with van der Waals surface area (Å²) in [6.45, 7) is 4.09. The van der Waals surface area contributed by atoms with Gasteiger partial charge in [0, 0.05) is 38.1 Å². The number of Topliss-reactive ketones (excluding diaryl/α,β-unsaturated/α-hetero) is 1. The molecule has 0 aromatic carbocycles. The summed E-state index contributed by atoms with van der Waals surface area (Å²) in [7, 11) is 0. The van der Waals surface area contributed by atoms with Crippen LogP contribution in [0, 0.1) is 5.92 Å². The minimum Gasteiger partial charge on any atom is -0.381 e. The van der Waals surface area contributed by atoms with Crippen LogP contribution in [0.1, 0.15) is 30.1 Å². The number of ether oxygens (including phenoxy) is 1. The molecule has 17 heavy (non-hydrogen) atoms. The maximum Gasteiger partial charge on any atom is 0.222 e. The van der Waals surface area contributed by atoms with Crippen LogP contribution < -0.4 is 5.32 Å². The van der Waals surface area contributed by atoms with Crippen molar-refractivity contribution in [2.45, 2.75) is 19.8 Å². The third-order valence-corrected chi connectivity index (χ3v) is 2.86. The molecule has 2 heterocycles.